The van der Waals surface area contributed by atoms with Crippen LogP contribution in [0.2, 0.25) is 0 Å². The number of aryl methyl sites for hydroxylation is 1. The van der Waals surface area contributed by atoms with Crippen molar-refractivity contribution < 1.29 is 8.78 Å². The first-order valence-electron chi connectivity index (χ1n) is 5.65. The molecular formula is C14H11F2N3. The molecule has 0 atom stereocenters. The average molecular weight is 259 g/mol. The lowest BCUT2D eigenvalue weighted by atomic mass is 10.1. The number of benzene rings is 1. The van der Waals surface area contributed by atoms with Crippen LogP contribution in [-0.4, -0.2) is 4.98 Å². The SMILES string of the molecule is Cc1ccncc1CNc1ccc(C#N)c(F)c1F. The second-order valence-electron chi connectivity index (χ2n) is 4.06. The van der Waals surface area contributed by atoms with Crippen molar-refractivity contribution in [3.63, 3.8) is 0 Å². The van der Waals surface area contributed by atoms with Crippen LogP contribution in [0.15, 0.2) is 30.6 Å². The third-order valence-corrected chi connectivity index (χ3v) is 2.82. The summed E-state index contributed by atoms with van der Waals surface area (Å²) in [6, 6.07) is 6.03. The third-order valence-electron chi connectivity index (χ3n) is 2.82. The highest BCUT2D eigenvalue weighted by Crippen LogP contribution is 2.21. The second kappa shape index (κ2) is 5.44. The van der Waals surface area contributed by atoms with Gasteiger partial charge in [-0.2, -0.15) is 5.26 Å². The first kappa shape index (κ1) is 13.0. The number of pyridine rings is 1. The summed E-state index contributed by atoms with van der Waals surface area (Å²) in [5.41, 5.74) is 1.63. The Morgan fingerprint density at radius 1 is 1.26 bits per heavy atom. The van der Waals surface area contributed by atoms with E-state index in [0.29, 0.717) is 6.54 Å². The summed E-state index contributed by atoms with van der Waals surface area (Å²) in [6.45, 7) is 2.25. The van der Waals surface area contributed by atoms with Crippen LogP contribution in [-0.2, 0) is 6.54 Å². The number of halogens is 2. The molecule has 3 nitrogen and oxygen atoms in total. The van der Waals surface area contributed by atoms with Gasteiger partial charge in [-0.3, -0.25) is 4.98 Å². The molecule has 5 heteroatoms. The Morgan fingerprint density at radius 3 is 2.74 bits per heavy atom. The van der Waals surface area contributed by atoms with Crippen LogP contribution in [0, 0.1) is 29.9 Å². The lowest BCUT2D eigenvalue weighted by Gasteiger charge is -2.10. The molecule has 0 spiro atoms. The Kier molecular flexibility index (Phi) is 3.71. The summed E-state index contributed by atoms with van der Waals surface area (Å²) < 4.78 is 27.1. The van der Waals surface area contributed by atoms with Gasteiger partial charge in [-0.15, -0.1) is 0 Å². The monoisotopic (exact) mass is 259 g/mol. The van der Waals surface area contributed by atoms with Crippen LogP contribution in [0.1, 0.15) is 16.7 Å². The number of hydrogen-bond acceptors (Lipinski definition) is 3. The normalized spacial score (nSPS) is 10.0. The van der Waals surface area contributed by atoms with E-state index in [4.69, 9.17) is 5.26 Å². The summed E-state index contributed by atoms with van der Waals surface area (Å²) in [4.78, 5) is 3.97. The number of anilines is 1. The molecule has 19 heavy (non-hydrogen) atoms. The van der Waals surface area contributed by atoms with Gasteiger partial charge < -0.3 is 5.32 Å². The van der Waals surface area contributed by atoms with Crippen LogP contribution in [0.4, 0.5) is 14.5 Å². The minimum Gasteiger partial charge on any atom is -0.378 e. The smallest absolute Gasteiger partial charge is 0.183 e. The summed E-state index contributed by atoms with van der Waals surface area (Å²) in [7, 11) is 0. The molecule has 1 heterocycles. The third kappa shape index (κ3) is 2.68. The van der Waals surface area contributed by atoms with Crippen molar-refractivity contribution in [2.45, 2.75) is 13.5 Å². The summed E-state index contributed by atoms with van der Waals surface area (Å²) >= 11 is 0. The predicted molar refractivity (Wildman–Crippen MR) is 67.4 cm³/mol. The maximum atomic E-state index is 13.6. The molecule has 1 aromatic carbocycles. The van der Waals surface area contributed by atoms with Gasteiger partial charge in [-0.25, -0.2) is 8.78 Å². The van der Waals surface area contributed by atoms with E-state index < -0.39 is 11.6 Å². The fourth-order valence-electron chi connectivity index (χ4n) is 1.64. The van der Waals surface area contributed by atoms with Crippen LogP contribution in [0.25, 0.3) is 0 Å². The Labute approximate surface area is 109 Å². The zero-order valence-electron chi connectivity index (χ0n) is 10.2. The van der Waals surface area contributed by atoms with E-state index in [0.717, 1.165) is 11.1 Å². The highest BCUT2D eigenvalue weighted by molar-refractivity contribution is 5.50. The molecule has 0 fully saturated rings. The molecule has 2 aromatic rings. The lowest BCUT2D eigenvalue weighted by Crippen LogP contribution is -2.05. The molecule has 0 radical (unpaired) electrons. The van der Waals surface area contributed by atoms with Gasteiger partial charge in [0.05, 0.1) is 11.3 Å². The highest BCUT2D eigenvalue weighted by Gasteiger charge is 2.13. The number of rotatable bonds is 3. The first-order valence-corrected chi connectivity index (χ1v) is 5.65. The quantitative estimate of drug-likeness (QED) is 0.921. The van der Waals surface area contributed by atoms with Crippen molar-refractivity contribution in [2.75, 3.05) is 5.32 Å². The summed E-state index contributed by atoms with van der Waals surface area (Å²) in [6.07, 6.45) is 3.33. The molecule has 0 bridgehead atoms. The summed E-state index contributed by atoms with van der Waals surface area (Å²) in [5, 5.41) is 11.4. The molecule has 1 aromatic heterocycles. The predicted octanol–water partition coefficient (Wildman–Crippen LogP) is 3.15. The van der Waals surface area contributed by atoms with E-state index in [9.17, 15) is 8.78 Å². The van der Waals surface area contributed by atoms with Crippen molar-refractivity contribution in [3.8, 4) is 6.07 Å². The first-order chi connectivity index (χ1) is 9.13. The lowest BCUT2D eigenvalue weighted by molar-refractivity contribution is 0.508. The van der Waals surface area contributed by atoms with Gasteiger partial charge in [0, 0.05) is 18.9 Å². The standard InChI is InChI=1S/C14H11F2N3/c1-9-4-5-18-7-11(9)8-19-12-3-2-10(6-17)13(15)14(12)16/h2-5,7,19H,8H2,1H3. The topological polar surface area (TPSA) is 48.7 Å². The van der Waals surface area contributed by atoms with Crippen LogP contribution < -0.4 is 5.32 Å². The summed E-state index contributed by atoms with van der Waals surface area (Å²) in [5.74, 6) is -2.17. The number of hydrogen-bond donors (Lipinski definition) is 1. The van der Waals surface area contributed by atoms with Gasteiger partial charge in [0.1, 0.15) is 6.07 Å². The fraction of sp³-hybridized carbons (Fsp3) is 0.143. The van der Waals surface area contributed by atoms with Crippen molar-refractivity contribution in [1.82, 2.24) is 4.98 Å². The molecule has 0 saturated heterocycles. The number of nitriles is 1. The number of nitrogens with zero attached hydrogens (tertiary/aromatic N) is 2. The zero-order chi connectivity index (χ0) is 13.8. The van der Waals surface area contributed by atoms with E-state index in [1.54, 1.807) is 18.5 Å². The molecule has 0 aliphatic rings. The Bertz CT molecular complexity index is 648. The second-order valence-corrected chi connectivity index (χ2v) is 4.06. The molecule has 0 saturated carbocycles. The Morgan fingerprint density at radius 2 is 2.05 bits per heavy atom. The van der Waals surface area contributed by atoms with Crippen LogP contribution >= 0.6 is 0 Å². The Balaban J connectivity index is 2.20. The van der Waals surface area contributed by atoms with Crippen LogP contribution in [0.5, 0.6) is 0 Å². The molecule has 96 valence electrons. The average Bonchev–Trinajstić information content (AvgIpc) is 2.42. The molecule has 0 amide bonds. The minimum atomic E-state index is -1.13. The molecule has 0 aliphatic heterocycles. The van der Waals surface area contributed by atoms with Gasteiger partial charge in [0.25, 0.3) is 0 Å². The van der Waals surface area contributed by atoms with Crippen molar-refractivity contribution in [3.05, 3.63) is 58.9 Å². The van der Waals surface area contributed by atoms with E-state index in [-0.39, 0.29) is 11.3 Å². The highest BCUT2D eigenvalue weighted by atomic mass is 19.2. The molecule has 0 aliphatic carbocycles. The van der Waals surface area contributed by atoms with Crippen molar-refractivity contribution >= 4 is 5.69 Å². The number of aromatic nitrogens is 1. The minimum absolute atomic E-state index is 0.0275. The van der Waals surface area contributed by atoms with Gasteiger partial charge in [0.15, 0.2) is 11.6 Å². The van der Waals surface area contributed by atoms with Crippen molar-refractivity contribution in [1.29, 1.82) is 5.26 Å². The maximum Gasteiger partial charge on any atom is 0.183 e. The molecule has 0 unspecified atom stereocenters. The molecule has 2 rings (SSSR count). The van der Waals surface area contributed by atoms with Gasteiger partial charge in [-0.1, -0.05) is 0 Å². The van der Waals surface area contributed by atoms with E-state index in [2.05, 4.69) is 10.3 Å². The van der Waals surface area contributed by atoms with Crippen LogP contribution in [0.3, 0.4) is 0 Å². The van der Waals surface area contributed by atoms with Crippen molar-refractivity contribution in [2.24, 2.45) is 0 Å². The van der Waals surface area contributed by atoms with E-state index in [1.807, 2.05) is 13.0 Å². The van der Waals surface area contributed by atoms with Gasteiger partial charge >= 0.3 is 0 Å². The largest absolute Gasteiger partial charge is 0.378 e. The molecule has 1 N–H and O–H groups in total. The van der Waals surface area contributed by atoms with E-state index >= 15 is 0 Å². The molecular weight excluding hydrogens is 248 g/mol. The maximum absolute atomic E-state index is 13.6. The Hall–Kier alpha value is -2.48. The van der Waals surface area contributed by atoms with Gasteiger partial charge in [0.2, 0.25) is 0 Å². The van der Waals surface area contributed by atoms with Gasteiger partial charge in [-0.05, 0) is 36.2 Å². The zero-order valence-corrected chi connectivity index (χ0v) is 10.2. The fourth-order valence-corrected chi connectivity index (χ4v) is 1.64. The number of nitrogens with one attached hydrogen (secondary N) is 1. The van der Waals surface area contributed by atoms with E-state index in [1.165, 1.54) is 12.1 Å².